The van der Waals surface area contributed by atoms with Crippen LogP contribution in [0, 0.1) is 11.3 Å². The molecule has 0 spiro atoms. The van der Waals surface area contributed by atoms with E-state index >= 15 is 0 Å². The van der Waals surface area contributed by atoms with Gasteiger partial charge in [-0.2, -0.15) is 5.26 Å². The van der Waals surface area contributed by atoms with Crippen LogP contribution in [0.4, 0.5) is 5.69 Å². The van der Waals surface area contributed by atoms with Gasteiger partial charge in [-0.25, -0.2) is 0 Å². The minimum absolute atomic E-state index is 0.0905. The summed E-state index contributed by atoms with van der Waals surface area (Å²) in [6.07, 6.45) is 1.45. The number of anilines is 1. The number of carbonyl (C=O) groups excluding carboxylic acids is 1. The molecule has 2 aromatic rings. The van der Waals surface area contributed by atoms with Crippen LogP contribution in [-0.4, -0.2) is 19.6 Å². The number of methoxy groups -OCH3 is 1. The molecule has 0 aliphatic carbocycles. The van der Waals surface area contributed by atoms with Crippen LogP contribution in [0.2, 0.25) is 10.0 Å². The van der Waals surface area contributed by atoms with Crippen LogP contribution >= 0.6 is 23.2 Å². The third-order valence-corrected chi connectivity index (χ3v) is 4.18. The van der Waals surface area contributed by atoms with Crippen LogP contribution in [-0.2, 0) is 4.79 Å². The predicted octanol–water partition coefficient (Wildman–Crippen LogP) is 4.95. The molecule has 0 saturated heterocycles. The molecule has 0 heterocycles. The fourth-order valence-electron chi connectivity index (χ4n) is 2.15. The number of rotatable bonds is 6. The number of amides is 1. The van der Waals surface area contributed by atoms with Crippen LogP contribution in [0.1, 0.15) is 12.5 Å². The maximum atomic E-state index is 12.4. The van der Waals surface area contributed by atoms with Gasteiger partial charge in [0, 0.05) is 0 Å². The van der Waals surface area contributed by atoms with Gasteiger partial charge in [0.1, 0.15) is 11.6 Å². The van der Waals surface area contributed by atoms with E-state index in [2.05, 4.69) is 5.32 Å². The molecule has 0 radical (unpaired) electrons. The predicted molar refractivity (Wildman–Crippen MR) is 103 cm³/mol. The Morgan fingerprint density at radius 3 is 2.69 bits per heavy atom. The minimum Gasteiger partial charge on any atom is -0.493 e. The summed E-state index contributed by atoms with van der Waals surface area (Å²) in [7, 11) is 1.52. The van der Waals surface area contributed by atoms with Crippen LogP contribution in [0.25, 0.3) is 6.08 Å². The summed E-state index contributed by atoms with van der Waals surface area (Å²) in [5, 5.41) is 12.4. The maximum Gasteiger partial charge on any atom is 0.266 e. The molecule has 26 heavy (non-hydrogen) atoms. The Balaban J connectivity index is 2.28. The van der Waals surface area contributed by atoms with Crippen LogP contribution in [0.15, 0.2) is 42.0 Å². The Morgan fingerprint density at radius 1 is 1.27 bits per heavy atom. The van der Waals surface area contributed by atoms with Crippen molar-refractivity contribution in [2.24, 2.45) is 0 Å². The second-order valence-corrected chi connectivity index (χ2v) is 5.85. The van der Waals surface area contributed by atoms with Gasteiger partial charge in [0.05, 0.1) is 29.4 Å². The quantitative estimate of drug-likeness (QED) is 0.559. The van der Waals surface area contributed by atoms with Gasteiger partial charge in [-0.05, 0) is 42.8 Å². The van der Waals surface area contributed by atoms with E-state index in [0.29, 0.717) is 34.4 Å². The Bertz CT molecular complexity index is 889. The zero-order chi connectivity index (χ0) is 19.1. The second-order valence-electron chi connectivity index (χ2n) is 5.07. The summed E-state index contributed by atoms with van der Waals surface area (Å²) >= 11 is 12.0. The lowest BCUT2D eigenvalue weighted by molar-refractivity contribution is -0.112. The molecule has 1 amide bonds. The van der Waals surface area contributed by atoms with Crippen molar-refractivity contribution in [1.29, 1.82) is 5.26 Å². The number of carbonyl (C=O) groups is 1. The van der Waals surface area contributed by atoms with Gasteiger partial charge in [-0.1, -0.05) is 35.3 Å². The number of nitrogens with one attached hydrogen (secondary N) is 1. The van der Waals surface area contributed by atoms with Crippen molar-refractivity contribution in [3.8, 4) is 17.6 Å². The monoisotopic (exact) mass is 390 g/mol. The van der Waals surface area contributed by atoms with E-state index in [1.165, 1.54) is 13.2 Å². The molecule has 2 rings (SSSR count). The zero-order valence-electron chi connectivity index (χ0n) is 14.2. The van der Waals surface area contributed by atoms with Gasteiger partial charge < -0.3 is 14.8 Å². The molecule has 0 atom stereocenters. The summed E-state index contributed by atoms with van der Waals surface area (Å²) < 4.78 is 10.7. The number of hydrogen-bond acceptors (Lipinski definition) is 4. The highest BCUT2D eigenvalue weighted by Crippen LogP contribution is 2.31. The first kappa shape index (κ1) is 19.6. The largest absolute Gasteiger partial charge is 0.493 e. The normalized spacial score (nSPS) is 10.8. The molecule has 0 bridgehead atoms. The molecule has 0 saturated carbocycles. The van der Waals surface area contributed by atoms with Crippen LogP contribution in [0.3, 0.4) is 0 Å². The molecular weight excluding hydrogens is 375 g/mol. The standard InChI is InChI=1S/C19H16Cl2N2O3/c1-3-26-16-8-7-12(10-17(16)25-2)9-13(11-22)19(24)23-15-6-4-5-14(20)18(15)21/h4-10H,3H2,1-2H3,(H,23,24)/b13-9+. The smallest absolute Gasteiger partial charge is 0.266 e. The van der Waals surface area contributed by atoms with E-state index in [1.807, 2.05) is 13.0 Å². The molecular formula is C19H16Cl2N2O3. The van der Waals surface area contributed by atoms with Crippen molar-refractivity contribution < 1.29 is 14.3 Å². The van der Waals surface area contributed by atoms with Crippen molar-refractivity contribution in [1.82, 2.24) is 0 Å². The van der Waals surface area contributed by atoms with Gasteiger partial charge in [0.2, 0.25) is 0 Å². The van der Waals surface area contributed by atoms with E-state index in [0.717, 1.165) is 0 Å². The Morgan fingerprint density at radius 2 is 2.04 bits per heavy atom. The van der Waals surface area contributed by atoms with Crippen molar-refractivity contribution in [3.05, 3.63) is 57.6 Å². The van der Waals surface area contributed by atoms with Gasteiger partial charge in [0.25, 0.3) is 5.91 Å². The Kier molecular flexibility index (Phi) is 6.90. The van der Waals surface area contributed by atoms with Crippen molar-refractivity contribution in [3.63, 3.8) is 0 Å². The van der Waals surface area contributed by atoms with Gasteiger partial charge in [0.15, 0.2) is 11.5 Å². The first-order valence-electron chi connectivity index (χ1n) is 7.68. The van der Waals surface area contributed by atoms with Crippen molar-refractivity contribution >= 4 is 40.9 Å². The van der Waals surface area contributed by atoms with E-state index in [9.17, 15) is 10.1 Å². The summed E-state index contributed by atoms with van der Waals surface area (Å²) in [6, 6.07) is 11.9. The first-order chi connectivity index (χ1) is 12.5. The molecule has 5 nitrogen and oxygen atoms in total. The SMILES string of the molecule is CCOc1ccc(/C=C(\C#N)C(=O)Nc2cccc(Cl)c2Cl)cc1OC. The fraction of sp³-hybridized carbons (Fsp3) is 0.158. The topological polar surface area (TPSA) is 71.3 Å². The third kappa shape index (κ3) is 4.69. The van der Waals surface area contributed by atoms with E-state index in [-0.39, 0.29) is 10.6 Å². The van der Waals surface area contributed by atoms with E-state index in [1.54, 1.807) is 36.4 Å². The van der Waals surface area contributed by atoms with Crippen molar-refractivity contribution in [2.45, 2.75) is 6.92 Å². The second kappa shape index (κ2) is 9.14. The van der Waals surface area contributed by atoms with Crippen molar-refractivity contribution in [2.75, 3.05) is 19.0 Å². The van der Waals surface area contributed by atoms with E-state index in [4.69, 9.17) is 32.7 Å². The molecule has 0 fully saturated rings. The lowest BCUT2D eigenvalue weighted by Crippen LogP contribution is -2.13. The van der Waals surface area contributed by atoms with Crippen LogP contribution < -0.4 is 14.8 Å². The van der Waals surface area contributed by atoms with Gasteiger partial charge in [-0.15, -0.1) is 0 Å². The molecule has 0 aromatic heterocycles. The minimum atomic E-state index is -0.593. The summed E-state index contributed by atoms with van der Waals surface area (Å²) in [5.74, 6) is 0.501. The molecule has 0 unspecified atom stereocenters. The van der Waals surface area contributed by atoms with Gasteiger partial charge in [-0.3, -0.25) is 4.79 Å². The highest BCUT2D eigenvalue weighted by Gasteiger charge is 2.13. The first-order valence-corrected chi connectivity index (χ1v) is 8.43. The molecule has 0 aliphatic heterocycles. The van der Waals surface area contributed by atoms with Crippen LogP contribution in [0.5, 0.6) is 11.5 Å². The number of hydrogen-bond donors (Lipinski definition) is 1. The molecule has 2 aromatic carbocycles. The number of ether oxygens (including phenoxy) is 2. The summed E-state index contributed by atoms with van der Waals surface area (Å²) in [6.45, 7) is 2.37. The molecule has 1 N–H and O–H groups in total. The number of benzene rings is 2. The highest BCUT2D eigenvalue weighted by atomic mass is 35.5. The van der Waals surface area contributed by atoms with Gasteiger partial charge >= 0.3 is 0 Å². The van der Waals surface area contributed by atoms with E-state index < -0.39 is 5.91 Å². The lowest BCUT2D eigenvalue weighted by atomic mass is 10.1. The number of halogens is 2. The Labute approximate surface area is 161 Å². The number of nitriles is 1. The highest BCUT2D eigenvalue weighted by molar-refractivity contribution is 6.44. The summed E-state index contributed by atoms with van der Waals surface area (Å²) in [5.41, 5.74) is 0.857. The number of nitrogens with zero attached hydrogens (tertiary/aromatic N) is 1. The molecule has 7 heteroatoms. The average Bonchev–Trinajstić information content (AvgIpc) is 2.64. The molecule has 134 valence electrons. The lowest BCUT2D eigenvalue weighted by Gasteiger charge is -2.10. The third-order valence-electron chi connectivity index (χ3n) is 3.36. The summed E-state index contributed by atoms with van der Waals surface area (Å²) in [4.78, 5) is 12.4. The zero-order valence-corrected chi connectivity index (χ0v) is 15.7. The average molecular weight is 391 g/mol. The Hall–Kier alpha value is -2.68. The molecule has 0 aliphatic rings. The fourth-order valence-corrected chi connectivity index (χ4v) is 2.50. The maximum absolute atomic E-state index is 12.4.